The number of hydrogen-bond acceptors (Lipinski definition) is 2. The minimum atomic E-state index is -1.44. The van der Waals surface area contributed by atoms with E-state index in [2.05, 4.69) is 9.97 Å². The lowest BCUT2D eigenvalue weighted by Crippen LogP contribution is -2.05. The first-order chi connectivity index (χ1) is 6.61. The lowest BCUT2D eigenvalue weighted by atomic mass is 10.3. The van der Waals surface area contributed by atoms with E-state index in [4.69, 9.17) is 16.7 Å². The second kappa shape index (κ2) is 2.95. The van der Waals surface area contributed by atoms with Crippen LogP contribution in [0.15, 0.2) is 12.3 Å². The maximum Gasteiger partial charge on any atom is 0.357 e. The number of aromatic amines is 1. The predicted octanol–water partition coefficient (Wildman–Crippen LogP) is 2.05. The highest BCUT2D eigenvalue weighted by Gasteiger charge is 2.18. The number of pyridine rings is 1. The zero-order valence-corrected chi connectivity index (χ0v) is 7.47. The predicted molar refractivity (Wildman–Crippen MR) is 48.0 cm³/mol. The second-order valence-corrected chi connectivity index (χ2v) is 3.01. The fraction of sp³-hybridized carbons (Fsp3) is 0. The Morgan fingerprint density at radius 3 is 3.00 bits per heavy atom. The van der Waals surface area contributed by atoms with Crippen molar-refractivity contribution in [2.45, 2.75) is 0 Å². The van der Waals surface area contributed by atoms with Crippen LogP contribution in [0.3, 0.4) is 0 Å². The average Bonchev–Trinajstić information content (AvgIpc) is 2.58. The summed E-state index contributed by atoms with van der Waals surface area (Å²) in [4.78, 5) is 16.8. The van der Waals surface area contributed by atoms with Crippen LogP contribution in [0.5, 0.6) is 0 Å². The molecule has 0 aromatic carbocycles. The van der Waals surface area contributed by atoms with Gasteiger partial charge in [-0.25, -0.2) is 14.2 Å². The third-order valence-electron chi connectivity index (χ3n) is 1.79. The van der Waals surface area contributed by atoms with E-state index < -0.39 is 17.5 Å². The number of rotatable bonds is 1. The van der Waals surface area contributed by atoms with Gasteiger partial charge < -0.3 is 10.1 Å². The fourth-order valence-corrected chi connectivity index (χ4v) is 1.40. The summed E-state index contributed by atoms with van der Waals surface area (Å²) in [5.41, 5.74) is -0.418. The first-order valence-electron chi connectivity index (χ1n) is 3.66. The fourth-order valence-electron chi connectivity index (χ4n) is 1.16. The van der Waals surface area contributed by atoms with Crippen LogP contribution in [0.2, 0.25) is 5.02 Å². The van der Waals surface area contributed by atoms with Crippen molar-refractivity contribution < 1.29 is 14.3 Å². The van der Waals surface area contributed by atoms with Gasteiger partial charge in [0, 0.05) is 11.6 Å². The molecule has 0 bridgehead atoms. The second-order valence-electron chi connectivity index (χ2n) is 2.63. The van der Waals surface area contributed by atoms with Gasteiger partial charge in [-0.1, -0.05) is 11.6 Å². The molecule has 0 saturated carbocycles. The van der Waals surface area contributed by atoms with Gasteiger partial charge in [-0.3, -0.25) is 0 Å². The molecule has 72 valence electrons. The summed E-state index contributed by atoms with van der Waals surface area (Å²) in [6.45, 7) is 0. The van der Waals surface area contributed by atoms with Gasteiger partial charge in [0.05, 0.1) is 5.02 Å². The average molecular weight is 215 g/mol. The SMILES string of the molecule is O=C(O)c1nc2[nH]ccc2c(Cl)c1F. The van der Waals surface area contributed by atoms with Gasteiger partial charge in [0.15, 0.2) is 11.5 Å². The lowest BCUT2D eigenvalue weighted by molar-refractivity contribution is 0.0685. The topological polar surface area (TPSA) is 66.0 Å². The number of carbonyl (C=O) groups is 1. The summed E-state index contributed by atoms with van der Waals surface area (Å²) in [5.74, 6) is -2.45. The molecule has 2 N–H and O–H groups in total. The van der Waals surface area contributed by atoms with E-state index in [9.17, 15) is 9.18 Å². The Balaban J connectivity index is 2.87. The van der Waals surface area contributed by atoms with Gasteiger partial charge in [0.2, 0.25) is 0 Å². The Morgan fingerprint density at radius 2 is 2.36 bits per heavy atom. The standard InChI is InChI=1S/C8H4ClFN2O2/c9-4-3-1-2-11-7(3)12-6(5(4)10)8(13)14/h1-2H,(H,11,12)(H,13,14). The lowest BCUT2D eigenvalue weighted by Gasteiger charge is -1.99. The molecular formula is C8H4ClFN2O2. The van der Waals surface area contributed by atoms with Crippen LogP contribution >= 0.6 is 11.6 Å². The summed E-state index contributed by atoms with van der Waals surface area (Å²) in [5, 5.41) is 8.75. The van der Waals surface area contributed by atoms with E-state index in [0.717, 1.165) is 0 Å². The number of aromatic nitrogens is 2. The molecule has 0 atom stereocenters. The van der Waals surface area contributed by atoms with Gasteiger partial charge in [-0.2, -0.15) is 0 Å². The molecule has 2 heterocycles. The summed E-state index contributed by atoms with van der Waals surface area (Å²) in [6.07, 6.45) is 1.51. The van der Waals surface area contributed by atoms with Crippen LogP contribution in [0.1, 0.15) is 10.5 Å². The van der Waals surface area contributed by atoms with Crippen LogP contribution in [-0.4, -0.2) is 21.0 Å². The van der Waals surface area contributed by atoms with E-state index in [1.54, 1.807) is 0 Å². The molecule has 6 heteroatoms. The summed E-state index contributed by atoms with van der Waals surface area (Å²) < 4.78 is 13.3. The number of halogens is 2. The molecule has 0 spiro atoms. The molecule has 14 heavy (non-hydrogen) atoms. The normalized spacial score (nSPS) is 10.7. The van der Waals surface area contributed by atoms with Crippen molar-refractivity contribution in [3.63, 3.8) is 0 Å². The quantitative estimate of drug-likeness (QED) is 0.764. The van der Waals surface area contributed by atoms with Gasteiger partial charge in [-0.05, 0) is 6.07 Å². The Kier molecular flexibility index (Phi) is 1.89. The highest BCUT2D eigenvalue weighted by Crippen LogP contribution is 2.26. The van der Waals surface area contributed by atoms with Crippen LogP contribution in [-0.2, 0) is 0 Å². The Morgan fingerprint density at radius 1 is 1.64 bits per heavy atom. The number of hydrogen-bond donors (Lipinski definition) is 2. The number of carboxylic acids is 1. The molecule has 0 aliphatic rings. The highest BCUT2D eigenvalue weighted by molar-refractivity contribution is 6.35. The molecule has 0 unspecified atom stereocenters. The summed E-state index contributed by atoms with van der Waals surface area (Å²) in [6, 6.07) is 1.53. The monoisotopic (exact) mass is 214 g/mol. The molecule has 0 fully saturated rings. The van der Waals surface area contributed by atoms with Crippen LogP contribution in [0.4, 0.5) is 4.39 Å². The van der Waals surface area contributed by atoms with Gasteiger partial charge >= 0.3 is 5.97 Å². The molecule has 0 amide bonds. The maximum absolute atomic E-state index is 13.3. The minimum Gasteiger partial charge on any atom is -0.476 e. The van der Waals surface area contributed by atoms with Crippen LogP contribution in [0.25, 0.3) is 11.0 Å². The molecule has 4 nitrogen and oxygen atoms in total. The molecule has 0 aliphatic carbocycles. The van der Waals surface area contributed by atoms with Gasteiger partial charge in [-0.15, -0.1) is 0 Å². The number of H-pyrrole nitrogens is 1. The van der Waals surface area contributed by atoms with E-state index in [-0.39, 0.29) is 10.7 Å². The minimum absolute atomic E-state index is 0.228. The van der Waals surface area contributed by atoms with Crippen molar-refractivity contribution in [3.05, 3.63) is 28.8 Å². The van der Waals surface area contributed by atoms with Crippen molar-refractivity contribution >= 4 is 28.6 Å². The first-order valence-corrected chi connectivity index (χ1v) is 4.04. The van der Waals surface area contributed by atoms with E-state index in [0.29, 0.717) is 5.39 Å². The third-order valence-corrected chi connectivity index (χ3v) is 2.16. The molecule has 2 aromatic rings. The smallest absolute Gasteiger partial charge is 0.357 e. The van der Waals surface area contributed by atoms with Gasteiger partial charge in [0.25, 0.3) is 0 Å². The van der Waals surface area contributed by atoms with Crippen molar-refractivity contribution in [2.75, 3.05) is 0 Å². The van der Waals surface area contributed by atoms with E-state index in [1.165, 1.54) is 12.3 Å². The Hall–Kier alpha value is -1.62. The van der Waals surface area contributed by atoms with E-state index >= 15 is 0 Å². The zero-order chi connectivity index (χ0) is 10.3. The summed E-state index contributed by atoms with van der Waals surface area (Å²) in [7, 11) is 0. The zero-order valence-electron chi connectivity index (χ0n) is 6.71. The summed E-state index contributed by atoms with van der Waals surface area (Å²) >= 11 is 5.62. The number of fused-ring (bicyclic) bond motifs is 1. The third kappa shape index (κ3) is 1.13. The Labute approximate surface area is 82.3 Å². The van der Waals surface area contributed by atoms with Gasteiger partial charge in [0.1, 0.15) is 5.65 Å². The van der Waals surface area contributed by atoms with Crippen LogP contribution < -0.4 is 0 Å². The molecule has 0 aliphatic heterocycles. The van der Waals surface area contributed by atoms with Crippen molar-refractivity contribution in [3.8, 4) is 0 Å². The van der Waals surface area contributed by atoms with Crippen molar-refractivity contribution in [1.29, 1.82) is 0 Å². The molecular weight excluding hydrogens is 211 g/mol. The number of carboxylic acid groups (broad SMARTS) is 1. The van der Waals surface area contributed by atoms with Crippen molar-refractivity contribution in [1.82, 2.24) is 9.97 Å². The van der Waals surface area contributed by atoms with E-state index in [1.807, 2.05) is 0 Å². The number of nitrogens with zero attached hydrogens (tertiary/aromatic N) is 1. The molecule has 0 radical (unpaired) electrons. The number of nitrogens with one attached hydrogen (secondary N) is 1. The maximum atomic E-state index is 13.3. The van der Waals surface area contributed by atoms with Crippen molar-refractivity contribution in [2.24, 2.45) is 0 Å². The number of aromatic carboxylic acids is 1. The molecule has 0 saturated heterocycles. The highest BCUT2D eigenvalue weighted by atomic mass is 35.5. The Bertz CT molecular complexity index is 523. The largest absolute Gasteiger partial charge is 0.476 e. The van der Waals surface area contributed by atoms with Crippen LogP contribution in [0, 0.1) is 5.82 Å². The molecule has 2 rings (SSSR count). The first kappa shape index (κ1) is 8.96. The molecule has 2 aromatic heterocycles.